The Balaban J connectivity index is 1.60. The van der Waals surface area contributed by atoms with E-state index >= 15 is 0 Å². The Bertz CT molecular complexity index is 482. The molecule has 0 radical (unpaired) electrons. The number of nitrogens with zero attached hydrogens (tertiary/aromatic N) is 2. The van der Waals surface area contributed by atoms with E-state index in [9.17, 15) is 0 Å². The van der Waals surface area contributed by atoms with Crippen LogP contribution in [-0.4, -0.2) is 15.8 Å². The Morgan fingerprint density at radius 1 is 1.40 bits per heavy atom. The van der Waals surface area contributed by atoms with E-state index in [1.165, 1.54) is 35.8 Å². The molecule has 0 aromatic carbocycles. The largest absolute Gasteiger partial charge is 0.308 e. The van der Waals surface area contributed by atoms with Gasteiger partial charge in [-0.05, 0) is 66.3 Å². The Hall–Kier alpha value is -0.350. The molecule has 1 heterocycles. The van der Waals surface area contributed by atoms with Crippen molar-refractivity contribution in [1.82, 2.24) is 15.1 Å². The molecule has 0 amide bonds. The van der Waals surface area contributed by atoms with Crippen LogP contribution in [0.2, 0.25) is 0 Å². The van der Waals surface area contributed by atoms with Crippen molar-refractivity contribution in [3.63, 3.8) is 0 Å². The van der Waals surface area contributed by atoms with Crippen LogP contribution in [0, 0.1) is 17.8 Å². The topological polar surface area (TPSA) is 29.9 Å². The molecular weight excluding hydrogens is 314 g/mol. The first-order chi connectivity index (χ1) is 9.60. The summed E-state index contributed by atoms with van der Waals surface area (Å²) >= 11 is 3.71. The highest BCUT2D eigenvalue weighted by atomic mass is 79.9. The lowest BCUT2D eigenvalue weighted by molar-refractivity contribution is 0.258. The Morgan fingerprint density at radius 3 is 2.75 bits per heavy atom. The molecule has 20 heavy (non-hydrogen) atoms. The van der Waals surface area contributed by atoms with Gasteiger partial charge in [0.1, 0.15) is 0 Å². The number of halogens is 1. The van der Waals surface area contributed by atoms with Crippen LogP contribution in [0.4, 0.5) is 0 Å². The highest BCUT2D eigenvalue weighted by Crippen LogP contribution is 2.49. The fourth-order valence-corrected chi connectivity index (χ4v) is 5.08. The van der Waals surface area contributed by atoms with Crippen molar-refractivity contribution >= 4 is 15.9 Å². The Morgan fingerprint density at radius 2 is 2.20 bits per heavy atom. The predicted octanol–water partition coefficient (Wildman–Crippen LogP) is 3.66. The van der Waals surface area contributed by atoms with E-state index in [4.69, 9.17) is 0 Å². The Kier molecular flexibility index (Phi) is 4.23. The van der Waals surface area contributed by atoms with Crippen molar-refractivity contribution in [2.45, 2.75) is 58.5 Å². The molecule has 4 atom stereocenters. The number of aromatic nitrogens is 2. The summed E-state index contributed by atoms with van der Waals surface area (Å²) in [6.45, 7) is 5.44. The fraction of sp³-hybridized carbons (Fsp3) is 0.812. The molecule has 0 spiro atoms. The molecule has 112 valence electrons. The zero-order chi connectivity index (χ0) is 14.3. The van der Waals surface area contributed by atoms with Gasteiger partial charge < -0.3 is 5.32 Å². The smallest absolute Gasteiger partial charge is 0.0767 e. The molecule has 1 aromatic rings. The second-order valence-corrected chi connectivity index (χ2v) is 7.49. The summed E-state index contributed by atoms with van der Waals surface area (Å²) in [5, 5.41) is 8.33. The predicted molar refractivity (Wildman–Crippen MR) is 85.5 cm³/mol. The molecule has 2 bridgehead atoms. The van der Waals surface area contributed by atoms with Gasteiger partial charge in [-0.3, -0.25) is 4.68 Å². The van der Waals surface area contributed by atoms with Crippen LogP contribution in [0.5, 0.6) is 0 Å². The zero-order valence-corrected chi connectivity index (χ0v) is 14.4. The van der Waals surface area contributed by atoms with Crippen LogP contribution in [0.3, 0.4) is 0 Å². The molecular formula is C16H26BrN3. The van der Waals surface area contributed by atoms with Gasteiger partial charge in [-0.1, -0.05) is 13.3 Å². The van der Waals surface area contributed by atoms with Gasteiger partial charge in [0, 0.05) is 19.6 Å². The normalized spacial score (nSPS) is 30.1. The molecule has 2 saturated carbocycles. The number of hydrogen-bond acceptors (Lipinski definition) is 2. The minimum Gasteiger partial charge on any atom is -0.308 e. The Labute approximate surface area is 130 Å². The number of rotatable bonds is 5. The third kappa shape index (κ3) is 2.57. The standard InChI is InChI=1S/C16H26BrN3/c1-4-14-16(17)15(20(3)19-14)9-18-10(2)13-8-11-5-6-12(13)7-11/h10-13,18H,4-9H2,1-3H3. The van der Waals surface area contributed by atoms with Crippen LogP contribution in [0.1, 0.15) is 50.9 Å². The van der Waals surface area contributed by atoms with Gasteiger partial charge in [0.05, 0.1) is 15.9 Å². The van der Waals surface area contributed by atoms with Gasteiger partial charge in [0.15, 0.2) is 0 Å². The summed E-state index contributed by atoms with van der Waals surface area (Å²) in [5.41, 5.74) is 2.44. The van der Waals surface area contributed by atoms with Crippen molar-refractivity contribution in [2.24, 2.45) is 24.8 Å². The van der Waals surface area contributed by atoms with Gasteiger partial charge in [-0.15, -0.1) is 0 Å². The summed E-state index contributed by atoms with van der Waals surface area (Å²) in [6, 6.07) is 0.622. The highest BCUT2D eigenvalue weighted by Gasteiger charge is 2.41. The molecule has 0 aliphatic heterocycles. The van der Waals surface area contributed by atoms with Crippen LogP contribution < -0.4 is 5.32 Å². The van der Waals surface area contributed by atoms with E-state index in [2.05, 4.69) is 40.2 Å². The van der Waals surface area contributed by atoms with E-state index in [-0.39, 0.29) is 0 Å². The molecule has 4 heteroatoms. The summed E-state index contributed by atoms with van der Waals surface area (Å²) in [7, 11) is 2.04. The fourth-order valence-electron chi connectivity index (χ4n) is 4.33. The molecule has 3 nitrogen and oxygen atoms in total. The third-order valence-electron chi connectivity index (χ3n) is 5.53. The average Bonchev–Trinajstić information content (AvgIpc) is 3.12. The van der Waals surface area contributed by atoms with E-state index in [1.54, 1.807) is 0 Å². The van der Waals surface area contributed by atoms with E-state index in [0.717, 1.165) is 36.4 Å². The SMILES string of the molecule is CCc1nn(C)c(CNC(C)C2CC3CCC2C3)c1Br. The maximum atomic E-state index is 4.57. The number of hydrogen-bond donors (Lipinski definition) is 1. The highest BCUT2D eigenvalue weighted by molar-refractivity contribution is 9.10. The van der Waals surface area contributed by atoms with Crippen LogP contribution >= 0.6 is 15.9 Å². The van der Waals surface area contributed by atoms with Crippen molar-refractivity contribution in [1.29, 1.82) is 0 Å². The molecule has 2 aliphatic carbocycles. The molecule has 2 fully saturated rings. The summed E-state index contributed by atoms with van der Waals surface area (Å²) < 4.78 is 3.21. The van der Waals surface area contributed by atoms with Gasteiger partial charge in [0.2, 0.25) is 0 Å². The minimum absolute atomic E-state index is 0.622. The van der Waals surface area contributed by atoms with Gasteiger partial charge in [-0.25, -0.2) is 0 Å². The van der Waals surface area contributed by atoms with Crippen molar-refractivity contribution in [2.75, 3.05) is 0 Å². The van der Waals surface area contributed by atoms with E-state index < -0.39 is 0 Å². The number of fused-ring (bicyclic) bond motifs is 2. The first kappa shape index (κ1) is 14.6. The lowest BCUT2D eigenvalue weighted by Gasteiger charge is -2.28. The monoisotopic (exact) mass is 339 g/mol. The van der Waals surface area contributed by atoms with Crippen molar-refractivity contribution in [3.8, 4) is 0 Å². The average molecular weight is 340 g/mol. The van der Waals surface area contributed by atoms with Crippen molar-refractivity contribution in [3.05, 3.63) is 15.9 Å². The number of nitrogens with one attached hydrogen (secondary N) is 1. The second kappa shape index (κ2) is 5.80. The van der Waals surface area contributed by atoms with Crippen LogP contribution in [0.15, 0.2) is 4.47 Å². The minimum atomic E-state index is 0.622. The van der Waals surface area contributed by atoms with Crippen LogP contribution in [0.25, 0.3) is 0 Å². The number of aryl methyl sites for hydroxylation is 2. The molecule has 1 aromatic heterocycles. The maximum Gasteiger partial charge on any atom is 0.0767 e. The first-order valence-electron chi connectivity index (χ1n) is 8.03. The van der Waals surface area contributed by atoms with Gasteiger partial charge in [-0.2, -0.15) is 5.10 Å². The quantitative estimate of drug-likeness (QED) is 0.887. The first-order valence-corrected chi connectivity index (χ1v) is 8.83. The molecule has 1 N–H and O–H groups in total. The molecule has 4 unspecified atom stereocenters. The summed E-state index contributed by atoms with van der Waals surface area (Å²) in [5.74, 6) is 2.92. The van der Waals surface area contributed by atoms with Gasteiger partial charge >= 0.3 is 0 Å². The van der Waals surface area contributed by atoms with Crippen molar-refractivity contribution < 1.29 is 0 Å². The van der Waals surface area contributed by atoms with Gasteiger partial charge in [0.25, 0.3) is 0 Å². The second-order valence-electron chi connectivity index (χ2n) is 6.69. The summed E-state index contributed by atoms with van der Waals surface area (Å²) in [6.07, 6.45) is 6.88. The van der Waals surface area contributed by atoms with E-state index in [1.807, 2.05) is 11.7 Å². The third-order valence-corrected chi connectivity index (χ3v) is 6.44. The molecule has 0 saturated heterocycles. The summed E-state index contributed by atoms with van der Waals surface area (Å²) in [4.78, 5) is 0. The molecule has 3 rings (SSSR count). The zero-order valence-electron chi connectivity index (χ0n) is 12.8. The molecule has 2 aliphatic rings. The lowest BCUT2D eigenvalue weighted by Crippen LogP contribution is -2.36. The lowest BCUT2D eigenvalue weighted by atomic mass is 9.84. The maximum absolute atomic E-state index is 4.57. The van der Waals surface area contributed by atoms with Crippen LogP contribution in [-0.2, 0) is 20.0 Å². The van der Waals surface area contributed by atoms with E-state index in [0.29, 0.717) is 6.04 Å².